The van der Waals surface area contributed by atoms with Crippen LogP contribution in [0.3, 0.4) is 0 Å². The van der Waals surface area contributed by atoms with E-state index in [0.717, 1.165) is 16.9 Å². The molecule has 1 fully saturated rings. The van der Waals surface area contributed by atoms with Gasteiger partial charge in [-0.15, -0.1) is 16.4 Å². The van der Waals surface area contributed by atoms with E-state index >= 15 is 0 Å². The normalized spacial score (nSPS) is 17.9. The van der Waals surface area contributed by atoms with Gasteiger partial charge in [0.05, 0.1) is 18.8 Å². The number of anilines is 1. The molecule has 1 saturated heterocycles. The Hall–Kier alpha value is -4.49. The summed E-state index contributed by atoms with van der Waals surface area (Å²) in [4.78, 5) is 46.3. The van der Waals surface area contributed by atoms with Crippen molar-refractivity contribution in [2.75, 3.05) is 5.73 Å². The number of nitrogen functional groups attached to an aromatic ring is 1. The zero-order chi connectivity index (χ0) is 29.4. The summed E-state index contributed by atoms with van der Waals surface area (Å²) in [6, 6.07) is 0.822. The van der Waals surface area contributed by atoms with Crippen LogP contribution in [0.25, 0.3) is 11.3 Å². The van der Waals surface area contributed by atoms with Crippen molar-refractivity contribution >= 4 is 50.3 Å². The monoisotopic (exact) mass is 594 g/mol. The molecule has 0 aromatic carbocycles. The highest BCUT2D eigenvalue weighted by Gasteiger charge is 2.54. The fourth-order valence-electron chi connectivity index (χ4n) is 3.53. The van der Waals surface area contributed by atoms with E-state index < -0.39 is 51.5 Å². The number of hydrogen-bond acceptors (Lipinski definition) is 12. The van der Waals surface area contributed by atoms with Crippen LogP contribution < -0.4 is 15.6 Å². The minimum Gasteiger partial charge on any atom is -0.478 e. The third-order valence-electron chi connectivity index (χ3n) is 5.75. The third-order valence-corrected chi connectivity index (χ3v) is 7.37. The molecule has 0 radical (unpaired) electrons. The number of oxime groups is 1. The molecule has 2 atom stereocenters. The predicted molar refractivity (Wildman–Crippen MR) is 137 cm³/mol. The number of nitrogens with one attached hydrogen (secondary N) is 1. The van der Waals surface area contributed by atoms with Crippen LogP contribution in [0.2, 0.25) is 0 Å². The Morgan fingerprint density at radius 1 is 1.32 bits per heavy atom. The number of nitrogens with two attached hydrogens (primary N) is 1. The van der Waals surface area contributed by atoms with Crippen LogP contribution in [0.4, 0.5) is 5.13 Å². The molecule has 212 valence electrons. The summed E-state index contributed by atoms with van der Waals surface area (Å²) in [5, 5.41) is 24.7. The summed E-state index contributed by atoms with van der Waals surface area (Å²) in [5.74, 6) is -3.54. The number of β-lactam (4-membered cyclic amide) rings is 1. The van der Waals surface area contributed by atoms with E-state index in [0.29, 0.717) is 5.69 Å². The number of pyridine rings is 1. The highest BCUT2D eigenvalue weighted by atomic mass is 32.2. The third kappa shape index (κ3) is 5.90. The maximum Gasteiger partial charge on any atom is 0.362 e. The fraction of sp³-hybridized carbons (Fsp3) is 0.333. The lowest BCUT2D eigenvalue weighted by Crippen LogP contribution is -2.73. The summed E-state index contributed by atoms with van der Waals surface area (Å²) in [6.45, 7) is 2.12. The summed E-state index contributed by atoms with van der Waals surface area (Å²) in [5.41, 5.74) is 4.41. The number of thiazole rings is 1. The van der Waals surface area contributed by atoms with E-state index in [4.69, 9.17) is 10.6 Å². The molecule has 0 saturated carbocycles. The number of carboxylic acids is 1. The standard InChI is InChI=1S/C21H23N9O8S2/c1-21(2,19(33)34)38-26-15(13-10-39-20(22)23-13)17(31)24-16-14(30(18(16)32)40(35,36)37)9-29-8-12(25-27-29)11-4-6-28(3)7-5-11/h4-8,10,14,16H,9H2,1-3H3,(H4-,22,23,24,31,33,34,35,36,37)/p+1/b26-15-/t14?,16-/m0/s1. The number of aryl methyl sites for hydroxylation is 1. The van der Waals surface area contributed by atoms with Gasteiger partial charge in [-0.1, -0.05) is 10.4 Å². The number of aliphatic carboxylic acids is 1. The predicted octanol–water partition coefficient (Wildman–Crippen LogP) is -1.41. The second-order valence-corrected chi connectivity index (χ2v) is 11.3. The summed E-state index contributed by atoms with van der Waals surface area (Å²) >= 11 is 0.963. The van der Waals surface area contributed by atoms with Crippen molar-refractivity contribution in [3.63, 3.8) is 0 Å². The maximum absolute atomic E-state index is 13.2. The van der Waals surface area contributed by atoms with Crippen molar-refractivity contribution in [2.45, 2.75) is 38.1 Å². The molecule has 0 bridgehead atoms. The molecule has 5 N–H and O–H groups in total. The summed E-state index contributed by atoms with van der Waals surface area (Å²) in [7, 11) is -3.15. The molecule has 40 heavy (non-hydrogen) atoms. The molecule has 1 unspecified atom stereocenters. The smallest absolute Gasteiger partial charge is 0.362 e. The first kappa shape index (κ1) is 28.5. The minimum absolute atomic E-state index is 0.0669. The van der Waals surface area contributed by atoms with E-state index in [1.165, 1.54) is 30.1 Å². The van der Waals surface area contributed by atoms with Crippen LogP contribution in [-0.4, -0.2) is 83.5 Å². The van der Waals surface area contributed by atoms with Gasteiger partial charge in [0, 0.05) is 23.1 Å². The number of hydrogen-bond donors (Lipinski definition) is 4. The largest absolute Gasteiger partial charge is 0.478 e. The number of carboxylic acid groups (broad SMARTS) is 1. The maximum atomic E-state index is 13.2. The average Bonchev–Trinajstić information content (AvgIpc) is 3.51. The van der Waals surface area contributed by atoms with Crippen LogP contribution in [-0.2, 0) is 43.1 Å². The second kappa shape index (κ2) is 10.6. The summed E-state index contributed by atoms with van der Waals surface area (Å²) < 4.78 is 36.8. The Kier molecular flexibility index (Phi) is 7.55. The SMILES string of the molecule is C[n+]1ccc(-c2cn(CC3[C@H](NC(=O)/C(=N\OC(C)(C)C(=O)O)c4csc(N)n4)C(=O)N3S(=O)(=O)O)nn2)cc1. The molecule has 1 aliphatic rings. The molecule has 3 aromatic rings. The number of carbonyl (C=O) groups excluding carboxylic acids is 2. The molecule has 0 aliphatic carbocycles. The van der Waals surface area contributed by atoms with Crippen LogP contribution in [0.1, 0.15) is 19.5 Å². The molecule has 4 heterocycles. The van der Waals surface area contributed by atoms with Crippen molar-refractivity contribution in [1.82, 2.24) is 29.6 Å². The Balaban J connectivity index is 1.59. The molecule has 1 aliphatic heterocycles. The van der Waals surface area contributed by atoms with Gasteiger partial charge in [-0.05, 0) is 13.8 Å². The Bertz CT molecular complexity index is 1600. The van der Waals surface area contributed by atoms with Crippen molar-refractivity contribution in [3.05, 3.63) is 41.8 Å². The van der Waals surface area contributed by atoms with Gasteiger partial charge >= 0.3 is 16.3 Å². The van der Waals surface area contributed by atoms with Gasteiger partial charge in [-0.2, -0.15) is 8.42 Å². The van der Waals surface area contributed by atoms with Gasteiger partial charge in [0.15, 0.2) is 23.2 Å². The van der Waals surface area contributed by atoms with Crippen LogP contribution in [0.5, 0.6) is 0 Å². The van der Waals surface area contributed by atoms with Crippen LogP contribution in [0, 0.1) is 0 Å². The fourth-order valence-corrected chi connectivity index (χ4v) is 4.95. The van der Waals surface area contributed by atoms with Gasteiger partial charge in [-0.3, -0.25) is 14.1 Å². The van der Waals surface area contributed by atoms with Gasteiger partial charge < -0.3 is 21.0 Å². The Morgan fingerprint density at radius 2 is 2.00 bits per heavy atom. The molecule has 17 nitrogen and oxygen atoms in total. The van der Waals surface area contributed by atoms with Gasteiger partial charge in [-0.25, -0.2) is 23.3 Å². The Labute approximate surface area is 230 Å². The van der Waals surface area contributed by atoms with Gasteiger partial charge in [0.2, 0.25) is 5.60 Å². The molecule has 4 rings (SSSR count). The van der Waals surface area contributed by atoms with Crippen LogP contribution >= 0.6 is 11.3 Å². The highest BCUT2D eigenvalue weighted by molar-refractivity contribution is 7.84. The summed E-state index contributed by atoms with van der Waals surface area (Å²) in [6.07, 6.45) is 5.09. The molecular formula is C21H24N9O8S2+. The first-order valence-electron chi connectivity index (χ1n) is 11.4. The lowest BCUT2D eigenvalue weighted by atomic mass is 9.98. The van der Waals surface area contributed by atoms with Crippen LogP contribution in [0.15, 0.2) is 41.3 Å². The molecule has 3 aromatic heterocycles. The minimum atomic E-state index is -4.99. The number of amides is 2. The van der Waals surface area contributed by atoms with Crippen molar-refractivity contribution in [2.24, 2.45) is 12.2 Å². The lowest BCUT2D eigenvalue weighted by molar-refractivity contribution is -0.671. The zero-order valence-corrected chi connectivity index (χ0v) is 22.8. The quantitative estimate of drug-likeness (QED) is 0.0696. The van der Waals surface area contributed by atoms with E-state index in [1.54, 1.807) is 24.5 Å². The molecule has 19 heteroatoms. The van der Waals surface area contributed by atoms with Gasteiger partial charge in [0.25, 0.3) is 11.8 Å². The van der Waals surface area contributed by atoms with Crippen molar-refractivity contribution in [3.8, 4) is 11.3 Å². The lowest BCUT2D eigenvalue weighted by Gasteiger charge is -2.43. The van der Waals surface area contributed by atoms with E-state index in [2.05, 4.69) is 25.8 Å². The second-order valence-electron chi connectivity index (χ2n) is 9.13. The molecule has 2 amide bonds. The first-order valence-corrected chi connectivity index (χ1v) is 13.6. The first-order chi connectivity index (χ1) is 18.7. The zero-order valence-electron chi connectivity index (χ0n) is 21.2. The van der Waals surface area contributed by atoms with E-state index in [9.17, 15) is 32.5 Å². The topological polar surface area (TPSA) is 236 Å². The number of rotatable bonds is 10. The number of aromatic nitrogens is 5. The van der Waals surface area contributed by atoms with E-state index in [-0.39, 0.29) is 21.7 Å². The number of carbonyl (C=O) groups is 3. The van der Waals surface area contributed by atoms with Crippen molar-refractivity contribution < 1.29 is 41.9 Å². The number of nitrogens with zero attached hydrogens (tertiary/aromatic N) is 7. The molecular weight excluding hydrogens is 570 g/mol. The molecule has 0 spiro atoms. The van der Waals surface area contributed by atoms with Crippen molar-refractivity contribution in [1.29, 1.82) is 0 Å². The highest BCUT2D eigenvalue weighted by Crippen LogP contribution is 2.26. The Morgan fingerprint density at radius 3 is 2.58 bits per heavy atom. The van der Waals surface area contributed by atoms with Gasteiger partial charge in [0.1, 0.15) is 24.5 Å². The average molecular weight is 595 g/mol. The van der Waals surface area contributed by atoms with E-state index in [1.807, 2.05) is 11.6 Å².